The fraction of sp³-hybridized carbons (Fsp3) is 0.957. The highest BCUT2D eigenvalue weighted by Gasteiger charge is 2.46. The van der Waals surface area contributed by atoms with Crippen LogP contribution in [0, 0.1) is 11.8 Å². The minimum absolute atomic E-state index is 0.0545. The third kappa shape index (κ3) is 4.15. The maximum atomic E-state index is 13.3. The van der Waals surface area contributed by atoms with Gasteiger partial charge in [-0.3, -0.25) is 25.6 Å². The number of carbonyl (C=O) groups excluding carboxylic acids is 1. The van der Waals surface area contributed by atoms with Gasteiger partial charge in [-0.25, -0.2) is 0 Å². The summed E-state index contributed by atoms with van der Waals surface area (Å²) in [7, 11) is 0. The van der Waals surface area contributed by atoms with Crippen molar-refractivity contribution in [3.05, 3.63) is 0 Å². The van der Waals surface area contributed by atoms with Crippen LogP contribution < -0.4 is 21.3 Å². The lowest BCUT2D eigenvalue weighted by atomic mass is 9.74. The van der Waals surface area contributed by atoms with Crippen molar-refractivity contribution in [2.75, 3.05) is 46.1 Å². The van der Waals surface area contributed by atoms with Gasteiger partial charge in [-0.2, -0.15) is 0 Å². The Bertz CT molecular complexity index is 664. The SMILES string of the molecule is O=C1[C@@H]2C[C@@H](CN2)NC2CCCC(N2)C2CCCC3NCN(CC4COCCN1C4)C32. The number of hydrogen-bond donors (Lipinski definition) is 4. The summed E-state index contributed by atoms with van der Waals surface area (Å²) in [6.45, 7) is 5.90. The van der Waals surface area contributed by atoms with E-state index in [9.17, 15) is 4.79 Å². The second-order valence-corrected chi connectivity index (χ2v) is 10.9. The highest BCUT2D eigenvalue weighted by atomic mass is 16.5. The lowest BCUT2D eigenvalue weighted by Gasteiger charge is -2.46. The van der Waals surface area contributed by atoms with Crippen molar-refractivity contribution in [2.45, 2.75) is 81.3 Å². The van der Waals surface area contributed by atoms with Crippen LogP contribution in [0.15, 0.2) is 0 Å². The first kappa shape index (κ1) is 20.8. The standard InChI is InChI=1S/C23H40N6O2/c30-23-20-9-16(10-24-20)26-21-6-2-4-18(27-21)17-3-1-5-19-22(17)29(14-25-19)12-15-11-28(23)7-8-31-13-15/h15-22,24-27H,1-14H2/t15?,16-,17?,18?,19?,20-,21?,22?/m0/s1. The van der Waals surface area contributed by atoms with Crippen LogP contribution >= 0.6 is 0 Å². The van der Waals surface area contributed by atoms with Crippen molar-refractivity contribution in [2.24, 2.45) is 11.8 Å². The van der Waals surface area contributed by atoms with Gasteiger partial charge in [-0.1, -0.05) is 6.42 Å². The first-order chi connectivity index (χ1) is 15.2. The number of nitrogens with zero attached hydrogens (tertiary/aromatic N) is 2. The van der Waals surface area contributed by atoms with Gasteiger partial charge >= 0.3 is 0 Å². The Morgan fingerprint density at radius 3 is 2.84 bits per heavy atom. The first-order valence-electron chi connectivity index (χ1n) is 12.8. The third-order valence-corrected chi connectivity index (χ3v) is 8.83. The highest BCUT2D eigenvalue weighted by molar-refractivity contribution is 5.82. The number of carbonyl (C=O) groups is 1. The van der Waals surface area contributed by atoms with Crippen LogP contribution in [0.2, 0.25) is 0 Å². The second kappa shape index (κ2) is 8.88. The molecular formula is C23H40N6O2. The zero-order valence-electron chi connectivity index (χ0n) is 18.7. The van der Waals surface area contributed by atoms with E-state index in [2.05, 4.69) is 31.1 Å². The number of fused-ring (bicyclic) bond motifs is 7. The Morgan fingerprint density at radius 1 is 0.968 bits per heavy atom. The molecule has 6 aliphatic rings. The van der Waals surface area contributed by atoms with Gasteiger partial charge in [0.15, 0.2) is 0 Å². The monoisotopic (exact) mass is 432 g/mol. The molecule has 0 radical (unpaired) electrons. The quantitative estimate of drug-likeness (QED) is 0.417. The van der Waals surface area contributed by atoms with Gasteiger partial charge in [-0.05, 0) is 44.4 Å². The Kier molecular flexibility index (Phi) is 5.96. The second-order valence-electron chi connectivity index (χ2n) is 10.9. The molecule has 8 nitrogen and oxygen atoms in total. The number of hydrogen-bond acceptors (Lipinski definition) is 7. The molecule has 5 aliphatic heterocycles. The van der Waals surface area contributed by atoms with Gasteiger partial charge in [0.05, 0.1) is 25.4 Å². The molecule has 1 amide bonds. The van der Waals surface area contributed by atoms with Gasteiger partial charge in [-0.15, -0.1) is 0 Å². The van der Waals surface area contributed by atoms with Crippen LogP contribution in [0.1, 0.15) is 44.9 Å². The van der Waals surface area contributed by atoms with Crippen molar-refractivity contribution in [1.29, 1.82) is 0 Å². The minimum atomic E-state index is -0.0545. The van der Waals surface area contributed by atoms with Crippen LogP contribution in [0.5, 0.6) is 0 Å². The van der Waals surface area contributed by atoms with E-state index in [0.29, 0.717) is 48.8 Å². The smallest absolute Gasteiger partial charge is 0.239 e. The van der Waals surface area contributed by atoms with E-state index in [1.54, 1.807) is 0 Å². The maximum absolute atomic E-state index is 13.3. The number of ether oxygens (including phenoxy) is 1. The number of rotatable bonds is 0. The molecule has 8 heteroatoms. The number of nitrogens with one attached hydrogen (secondary N) is 4. The Balaban J connectivity index is 1.29. The predicted molar refractivity (Wildman–Crippen MR) is 118 cm³/mol. The predicted octanol–water partition coefficient (Wildman–Crippen LogP) is -0.337. The highest BCUT2D eigenvalue weighted by Crippen LogP contribution is 2.37. The minimum Gasteiger partial charge on any atom is -0.379 e. The van der Waals surface area contributed by atoms with E-state index < -0.39 is 0 Å². The van der Waals surface area contributed by atoms with Crippen molar-refractivity contribution >= 4 is 5.91 Å². The summed E-state index contributed by atoms with van der Waals surface area (Å²) in [4.78, 5) is 18.1. The van der Waals surface area contributed by atoms with Crippen molar-refractivity contribution in [1.82, 2.24) is 31.1 Å². The first-order valence-corrected chi connectivity index (χ1v) is 12.8. The van der Waals surface area contributed by atoms with Gasteiger partial charge in [0.2, 0.25) is 5.91 Å². The Labute approximate surface area is 186 Å². The summed E-state index contributed by atoms with van der Waals surface area (Å²) in [5, 5.41) is 15.3. The van der Waals surface area contributed by atoms with E-state index >= 15 is 0 Å². The molecule has 6 bridgehead atoms. The molecule has 6 unspecified atom stereocenters. The molecular weight excluding hydrogens is 392 g/mol. The average molecular weight is 433 g/mol. The average Bonchev–Trinajstić information content (AvgIpc) is 3.34. The van der Waals surface area contributed by atoms with Crippen molar-refractivity contribution in [3.8, 4) is 0 Å². The molecule has 1 aliphatic carbocycles. The zero-order valence-corrected chi connectivity index (χ0v) is 18.7. The van der Waals surface area contributed by atoms with E-state index in [1.165, 1.54) is 38.5 Å². The van der Waals surface area contributed by atoms with Gasteiger partial charge in [0.25, 0.3) is 0 Å². The zero-order chi connectivity index (χ0) is 20.8. The largest absolute Gasteiger partial charge is 0.379 e. The van der Waals surface area contributed by atoms with E-state index in [4.69, 9.17) is 4.74 Å². The Morgan fingerprint density at radius 2 is 1.87 bits per heavy atom. The van der Waals surface area contributed by atoms with Crippen LogP contribution in [-0.4, -0.2) is 98.1 Å². The molecule has 5 heterocycles. The number of amides is 1. The van der Waals surface area contributed by atoms with Gasteiger partial charge in [0.1, 0.15) is 0 Å². The summed E-state index contributed by atoms with van der Waals surface area (Å²) >= 11 is 0. The molecule has 31 heavy (non-hydrogen) atoms. The van der Waals surface area contributed by atoms with Crippen LogP contribution in [0.4, 0.5) is 0 Å². The summed E-state index contributed by atoms with van der Waals surface area (Å²) in [5.41, 5.74) is 0. The summed E-state index contributed by atoms with van der Waals surface area (Å²) in [6.07, 6.45) is 9.03. The molecule has 0 spiro atoms. The van der Waals surface area contributed by atoms with Gasteiger partial charge < -0.3 is 15.0 Å². The van der Waals surface area contributed by atoms with E-state index in [-0.39, 0.29) is 11.9 Å². The number of piperidine rings is 1. The lowest BCUT2D eigenvalue weighted by molar-refractivity contribution is -0.133. The van der Waals surface area contributed by atoms with Crippen LogP contribution in [0.3, 0.4) is 0 Å². The summed E-state index contributed by atoms with van der Waals surface area (Å²) in [6, 6.07) is 2.15. The fourth-order valence-corrected chi connectivity index (χ4v) is 7.44. The molecule has 0 aromatic rings. The topological polar surface area (TPSA) is 80.9 Å². The molecule has 8 atom stereocenters. The van der Waals surface area contributed by atoms with Crippen molar-refractivity contribution < 1.29 is 9.53 Å². The molecule has 0 aromatic carbocycles. The molecule has 4 N–H and O–H groups in total. The normalized spacial score (nSPS) is 46.7. The van der Waals surface area contributed by atoms with E-state index in [1.807, 2.05) is 0 Å². The third-order valence-electron chi connectivity index (χ3n) is 8.83. The van der Waals surface area contributed by atoms with Crippen LogP contribution in [0.25, 0.3) is 0 Å². The molecule has 1 saturated carbocycles. The molecule has 6 rings (SSSR count). The lowest BCUT2D eigenvalue weighted by Crippen LogP contribution is -2.60. The molecule has 5 saturated heterocycles. The molecule has 6 fully saturated rings. The Hall–Kier alpha value is -0.770. The summed E-state index contributed by atoms with van der Waals surface area (Å²) in [5.74, 6) is 1.38. The molecule has 174 valence electrons. The maximum Gasteiger partial charge on any atom is 0.239 e. The molecule has 0 aromatic heterocycles. The van der Waals surface area contributed by atoms with E-state index in [0.717, 1.165) is 45.9 Å². The van der Waals surface area contributed by atoms with Gasteiger partial charge in [0, 0.05) is 62.9 Å². The van der Waals surface area contributed by atoms with Crippen molar-refractivity contribution in [3.63, 3.8) is 0 Å². The fourth-order valence-electron chi connectivity index (χ4n) is 7.44. The summed E-state index contributed by atoms with van der Waals surface area (Å²) < 4.78 is 5.98. The van der Waals surface area contributed by atoms with Crippen LogP contribution in [-0.2, 0) is 9.53 Å².